The monoisotopic (exact) mass is 268 g/mol. The fourth-order valence-electron chi connectivity index (χ4n) is 3.92. The molecule has 0 amide bonds. The highest BCUT2D eigenvalue weighted by molar-refractivity contribution is 4.88. The van der Waals surface area contributed by atoms with E-state index < -0.39 is 11.3 Å². The summed E-state index contributed by atoms with van der Waals surface area (Å²) in [6, 6.07) is 0. The van der Waals surface area contributed by atoms with E-state index >= 15 is 0 Å². The molecule has 0 aromatic rings. The molecular formula is C15H32N4. The Labute approximate surface area is 117 Å². The number of hydrogen-bond acceptors (Lipinski definition) is 4. The van der Waals surface area contributed by atoms with Crippen LogP contribution in [-0.2, 0) is 0 Å². The predicted octanol–water partition coefficient (Wildman–Crippen LogP) is 1.62. The Kier molecular flexibility index (Phi) is 4.56. The second kappa shape index (κ2) is 5.68. The molecule has 1 atom stereocenters. The third-order valence-electron chi connectivity index (χ3n) is 5.51. The largest absolute Gasteiger partial charge is 0.313 e. The summed E-state index contributed by atoms with van der Waals surface area (Å²) >= 11 is 0. The van der Waals surface area contributed by atoms with E-state index in [1.54, 1.807) is 0 Å². The van der Waals surface area contributed by atoms with Gasteiger partial charge in [-0.1, -0.05) is 6.92 Å². The quantitative estimate of drug-likeness (QED) is 0.584. The van der Waals surface area contributed by atoms with Crippen LogP contribution in [0, 0.1) is 17.8 Å². The maximum absolute atomic E-state index is 6.00. The standard InChI is InChI=1S/C15H32N4/c1-11(13-4-8-15(18,19)9-5-13)10-12-2-6-14(16,17)7-3-12/h11-13H,2-10,16-19H2,1H3. The predicted molar refractivity (Wildman–Crippen MR) is 79.9 cm³/mol. The Morgan fingerprint density at radius 1 is 0.842 bits per heavy atom. The van der Waals surface area contributed by atoms with Gasteiger partial charge in [-0.3, -0.25) is 0 Å². The molecule has 19 heavy (non-hydrogen) atoms. The van der Waals surface area contributed by atoms with Crippen LogP contribution in [0.3, 0.4) is 0 Å². The van der Waals surface area contributed by atoms with E-state index in [4.69, 9.17) is 22.9 Å². The molecule has 4 heteroatoms. The molecule has 1 unspecified atom stereocenters. The summed E-state index contributed by atoms with van der Waals surface area (Å²) in [7, 11) is 0. The van der Waals surface area contributed by atoms with E-state index in [1.807, 2.05) is 0 Å². The maximum atomic E-state index is 6.00. The SMILES string of the molecule is CC(CC1CCC(N)(N)CC1)C1CCC(N)(N)CC1. The number of hydrogen-bond donors (Lipinski definition) is 4. The van der Waals surface area contributed by atoms with E-state index in [1.165, 1.54) is 32.1 Å². The molecule has 8 N–H and O–H groups in total. The first-order valence-electron chi connectivity index (χ1n) is 7.93. The molecule has 2 aliphatic rings. The van der Waals surface area contributed by atoms with Crippen LogP contribution in [0.1, 0.15) is 64.7 Å². The minimum Gasteiger partial charge on any atom is -0.313 e. The lowest BCUT2D eigenvalue weighted by molar-refractivity contribution is 0.149. The summed E-state index contributed by atoms with van der Waals surface area (Å²) in [6.07, 6.45) is 10.00. The van der Waals surface area contributed by atoms with E-state index in [2.05, 4.69) is 6.92 Å². The van der Waals surface area contributed by atoms with E-state index in [-0.39, 0.29) is 0 Å². The first-order chi connectivity index (χ1) is 8.77. The zero-order valence-electron chi connectivity index (χ0n) is 12.4. The maximum Gasteiger partial charge on any atom is 0.0636 e. The van der Waals surface area contributed by atoms with Crippen molar-refractivity contribution in [1.82, 2.24) is 0 Å². The summed E-state index contributed by atoms with van der Waals surface area (Å²) < 4.78 is 0. The average molecular weight is 268 g/mol. The van der Waals surface area contributed by atoms with E-state index in [9.17, 15) is 0 Å². The lowest BCUT2D eigenvalue weighted by Crippen LogP contribution is -2.52. The van der Waals surface area contributed by atoms with Crippen LogP contribution < -0.4 is 22.9 Å². The highest BCUT2D eigenvalue weighted by Gasteiger charge is 2.33. The Morgan fingerprint density at radius 3 is 1.74 bits per heavy atom. The molecule has 0 aliphatic heterocycles. The van der Waals surface area contributed by atoms with Crippen molar-refractivity contribution in [3.63, 3.8) is 0 Å². The summed E-state index contributed by atoms with van der Waals surface area (Å²) in [5.74, 6) is 2.41. The molecular weight excluding hydrogens is 236 g/mol. The molecule has 0 aromatic carbocycles. The van der Waals surface area contributed by atoms with E-state index in [0.717, 1.165) is 43.4 Å². The second-order valence-electron chi connectivity index (χ2n) is 7.46. The van der Waals surface area contributed by atoms with Crippen molar-refractivity contribution in [3.8, 4) is 0 Å². The van der Waals surface area contributed by atoms with Gasteiger partial charge in [0.05, 0.1) is 11.3 Å². The molecule has 2 rings (SSSR count). The Hall–Kier alpha value is -0.160. The topological polar surface area (TPSA) is 104 Å². The minimum absolute atomic E-state index is 0.400. The molecule has 0 heterocycles. The van der Waals surface area contributed by atoms with Crippen LogP contribution in [0.25, 0.3) is 0 Å². The van der Waals surface area contributed by atoms with Gasteiger partial charge in [0.15, 0.2) is 0 Å². The van der Waals surface area contributed by atoms with Crippen molar-refractivity contribution < 1.29 is 0 Å². The third-order valence-corrected chi connectivity index (χ3v) is 5.51. The Morgan fingerprint density at radius 2 is 1.26 bits per heavy atom. The molecule has 4 nitrogen and oxygen atoms in total. The molecule has 2 fully saturated rings. The van der Waals surface area contributed by atoms with Gasteiger partial charge in [0.1, 0.15) is 0 Å². The van der Waals surface area contributed by atoms with Gasteiger partial charge in [-0.05, 0) is 75.5 Å². The van der Waals surface area contributed by atoms with Crippen LogP contribution in [0.2, 0.25) is 0 Å². The fourth-order valence-corrected chi connectivity index (χ4v) is 3.92. The highest BCUT2D eigenvalue weighted by Crippen LogP contribution is 2.38. The summed E-state index contributed by atoms with van der Waals surface area (Å²) in [4.78, 5) is 0. The molecule has 0 aromatic heterocycles. The summed E-state index contributed by atoms with van der Waals surface area (Å²) in [5, 5.41) is 0. The smallest absolute Gasteiger partial charge is 0.0636 e. The van der Waals surface area contributed by atoms with Gasteiger partial charge in [0, 0.05) is 0 Å². The van der Waals surface area contributed by atoms with Gasteiger partial charge in [0.2, 0.25) is 0 Å². The first-order valence-corrected chi connectivity index (χ1v) is 7.93. The third kappa shape index (κ3) is 4.42. The number of nitrogens with two attached hydrogens (primary N) is 4. The second-order valence-corrected chi connectivity index (χ2v) is 7.46. The normalized spacial score (nSPS) is 30.2. The zero-order chi connectivity index (χ0) is 14.1. The molecule has 2 aliphatic carbocycles. The molecule has 0 bridgehead atoms. The van der Waals surface area contributed by atoms with Crippen molar-refractivity contribution >= 4 is 0 Å². The summed E-state index contributed by atoms with van der Waals surface area (Å²) in [6.45, 7) is 2.40. The first kappa shape index (κ1) is 15.2. The van der Waals surface area contributed by atoms with E-state index in [0.29, 0.717) is 0 Å². The van der Waals surface area contributed by atoms with Crippen molar-refractivity contribution in [2.75, 3.05) is 0 Å². The van der Waals surface area contributed by atoms with Crippen LogP contribution >= 0.6 is 0 Å². The lowest BCUT2D eigenvalue weighted by Gasteiger charge is -2.39. The number of rotatable bonds is 3. The van der Waals surface area contributed by atoms with Crippen LogP contribution in [-0.4, -0.2) is 11.3 Å². The van der Waals surface area contributed by atoms with Crippen molar-refractivity contribution in [1.29, 1.82) is 0 Å². The fraction of sp³-hybridized carbons (Fsp3) is 1.00. The zero-order valence-corrected chi connectivity index (χ0v) is 12.4. The minimum atomic E-state index is -0.403. The summed E-state index contributed by atoms with van der Waals surface area (Å²) in [5.41, 5.74) is 23.2. The molecule has 0 radical (unpaired) electrons. The lowest BCUT2D eigenvalue weighted by atomic mass is 9.71. The highest BCUT2D eigenvalue weighted by atomic mass is 15.0. The van der Waals surface area contributed by atoms with Gasteiger partial charge in [-0.25, -0.2) is 0 Å². The van der Waals surface area contributed by atoms with Crippen molar-refractivity contribution in [2.24, 2.45) is 40.7 Å². The van der Waals surface area contributed by atoms with Crippen LogP contribution in [0.5, 0.6) is 0 Å². The van der Waals surface area contributed by atoms with Gasteiger partial charge < -0.3 is 22.9 Å². The van der Waals surface area contributed by atoms with Gasteiger partial charge in [-0.15, -0.1) is 0 Å². The Balaban J connectivity index is 1.74. The average Bonchev–Trinajstić information content (AvgIpc) is 2.31. The molecule has 0 spiro atoms. The molecule has 112 valence electrons. The van der Waals surface area contributed by atoms with Gasteiger partial charge >= 0.3 is 0 Å². The molecule has 0 saturated heterocycles. The van der Waals surface area contributed by atoms with Crippen LogP contribution in [0.4, 0.5) is 0 Å². The Bertz CT molecular complexity index is 281. The van der Waals surface area contributed by atoms with Crippen molar-refractivity contribution in [2.45, 2.75) is 76.0 Å². The molecule has 2 saturated carbocycles. The van der Waals surface area contributed by atoms with Gasteiger partial charge in [-0.2, -0.15) is 0 Å². The van der Waals surface area contributed by atoms with Gasteiger partial charge in [0.25, 0.3) is 0 Å². The van der Waals surface area contributed by atoms with Crippen LogP contribution in [0.15, 0.2) is 0 Å². The van der Waals surface area contributed by atoms with Crippen molar-refractivity contribution in [3.05, 3.63) is 0 Å².